The highest BCUT2D eigenvalue weighted by Gasteiger charge is 2.28. The standard InChI is InChI=1S/C11H18O2SSi/c1-7-8(2)14-11(15(4,5)6)9(7)10(12)13-3/h1-6H3. The third-order valence-electron chi connectivity index (χ3n) is 2.46. The Balaban J connectivity index is 3.40. The number of hydrogen-bond acceptors (Lipinski definition) is 3. The lowest BCUT2D eigenvalue weighted by molar-refractivity contribution is 0.0602. The molecule has 0 atom stereocenters. The number of thiophene rings is 1. The van der Waals surface area contributed by atoms with Gasteiger partial charge in [0.15, 0.2) is 0 Å². The van der Waals surface area contributed by atoms with Crippen molar-refractivity contribution >= 4 is 29.9 Å². The summed E-state index contributed by atoms with van der Waals surface area (Å²) in [6.07, 6.45) is 0. The molecule has 0 N–H and O–H groups in total. The van der Waals surface area contributed by atoms with Crippen molar-refractivity contribution in [3.8, 4) is 0 Å². The Morgan fingerprint density at radius 2 is 1.80 bits per heavy atom. The Kier molecular flexibility index (Phi) is 3.40. The van der Waals surface area contributed by atoms with Gasteiger partial charge in [-0.3, -0.25) is 0 Å². The van der Waals surface area contributed by atoms with Crippen molar-refractivity contribution in [3.05, 3.63) is 16.0 Å². The van der Waals surface area contributed by atoms with Crippen molar-refractivity contribution < 1.29 is 9.53 Å². The predicted molar refractivity (Wildman–Crippen MR) is 68.1 cm³/mol. The Labute approximate surface area is 96.3 Å². The van der Waals surface area contributed by atoms with Crippen LogP contribution >= 0.6 is 11.3 Å². The molecule has 0 fully saturated rings. The van der Waals surface area contributed by atoms with Crippen molar-refractivity contribution in [2.24, 2.45) is 0 Å². The molecule has 0 aliphatic rings. The van der Waals surface area contributed by atoms with Gasteiger partial charge in [-0.15, -0.1) is 11.3 Å². The zero-order valence-electron chi connectivity index (χ0n) is 10.2. The van der Waals surface area contributed by atoms with Crippen LogP contribution in [0.15, 0.2) is 0 Å². The van der Waals surface area contributed by atoms with Crippen molar-refractivity contribution in [2.75, 3.05) is 7.11 Å². The number of ether oxygens (including phenoxy) is 1. The molecular formula is C11H18O2SSi. The van der Waals surface area contributed by atoms with Gasteiger partial charge in [-0.25, -0.2) is 4.79 Å². The van der Waals surface area contributed by atoms with Crippen LogP contribution in [0.2, 0.25) is 19.6 Å². The van der Waals surface area contributed by atoms with E-state index in [-0.39, 0.29) is 5.97 Å². The molecule has 1 aromatic rings. The molecule has 0 aliphatic carbocycles. The molecule has 1 heterocycles. The van der Waals surface area contributed by atoms with Crippen LogP contribution in [-0.2, 0) is 4.74 Å². The summed E-state index contributed by atoms with van der Waals surface area (Å²) >= 11 is 1.75. The lowest BCUT2D eigenvalue weighted by atomic mass is 10.2. The van der Waals surface area contributed by atoms with Crippen LogP contribution in [0, 0.1) is 13.8 Å². The highest BCUT2D eigenvalue weighted by Crippen LogP contribution is 2.23. The third kappa shape index (κ3) is 2.31. The fraction of sp³-hybridized carbons (Fsp3) is 0.545. The number of carbonyl (C=O) groups is 1. The van der Waals surface area contributed by atoms with E-state index in [0.717, 1.165) is 11.1 Å². The van der Waals surface area contributed by atoms with Gasteiger partial charge < -0.3 is 4.74 Å². The van der Waals surface area contributed by atoms with Crippen molar-refractivity contribution in [1.82, 2.24) is 0 Å². The van der Waals surface area contributed by atoms with Gasteiger partial charge in [-0.05, 0) is 19.4 Å². The first-order valence-corrected chi connectivity index (χ1v) is 9.29. The molecule has 1 rings (SSSR count). The van der Waals surface area contributed by atoms with E-state index in [1.807, 2.05) is 6.92 Å². The lowest BCUT2D eigenvalue weighted by Gasteiger charge is -2.15. The zero-order valence-corrected chi connectivity index (χ0v) is 12.0. The maximum Gasteiger partial charge on any atom is 0.338 e. The topological polar surface area (TPSA) is 26.3 Å². The summed E-state index contributed by atoms with van der Waals surface area (Å²) in [5.41, 5.74) is 1.91. The van der Waals surface area contributed by atoms with Crippen molar-refractivity contribution in [1.29, 1.82) is 0 Å². The molecule has 0 amide bonds. The summed E-state index contributed by atoms with van der Waals surface area (Å²) in [4.78, 5) is 13.0. The van der Waals surface area contributed by atoms with Crippen molar-refractivity contribution in [3.63, 3.8) is 0 Å². The number of rotatable bonds is 2. The first-order chi connectivity index (χ1) is 6.79. The summed E-state index contributed by atoms with van der Waals surface area (Å²) in [5, 5.41) is 0. The third-order valence-corrected chi connectivity index (χ3v) is 7.23. The molecule has 1 aromatic heterocycles. The van der Waals surface area contributed by atoms with Gasteiger partial charge in [-0.2, -0.15) is 0 Å². The highest BCUT2D eigenvalue weighted by molar-refractivity contribution is 7.27. The van der Waals surface area contributed by atoms with E-state index >= 15 is 0 Å². The van der Waals surface area contributed by atoms with E-state index < -0.39 is 8.07 Å². The number of methoxy groups -OCH3 is 1. The molecule has 4 heteroatoms. The van der Waals surface area contributed by atoms with Gasteiger partial charge in [0.2, 0.25) is 0 Å². The molecule has 0 aromatic carbocycles. The van der Waals surface area contributed by atoms with E-state index in [0.29, 0.717) is 0 Å². The largest absolute Gasteiger partial charge is 0.465 e. The monoisotopic (exact) mass is 242 g/mol. The van der Waals surface area contributed by atoms with Gasteiger partial charge in [-0.1, -0.05) is 19.6 Å². The van der Waals surface area contributed by atoms with Crippen LogP contribution in [0.3, 0.4) is 0 Å². The van der Waals surface area contributed by atoms with Crippen LogP contribution in [-0.4, -0.2) is 21.2 Å². The summed E-state index contributed by atoms with van der Waals surface area (Å²) in [6, 6.07) is 0. The van der Waals surface area contributed by atoms with Gasteiger partial charge in [0, 0.05) is 9.38 Å². The molecule has 0 saturated heterocycles. The quantitative estimate of drug-likeness (QED) is 0.589. The molecular weight excluding hydrogens is 224 g/mol. The highest BCUT2D eigenvalue weighted by atomic mass is 32.1. The molecule has 0 aliphatic heterocycles. The van der Waals surface area contributed by atoms with E-state index in [9.17, 15) is 4.79 Å². The van der Waals surface area contributed by atoms with E-state index in [4.69, 9.17) is 4.74 Å². The minimum absolute atomic E-state index is 0.186. The van der Waals surface area contributed by atoms with E-state index in [1.165, 1.54) is 16.5 Å². The molecule has 15 heavy (non-hydrogen) atoms. The second-order valence-corrected chi connectivity index (χ2v) is 11.3. The van der Waals surface area contributed by atoms with Crippen LogP contribution in [0.5, 0.6) is 0 Å². The molecule has 0 radical (unpaired) electrons. The summed E-state index contributed by atoms with van der Waals surface area (Å²) in [7, 11) is -0.00260. The van der Waals surface area contributed by atoms with Crippen LogP contribution in [0.1, 0.15) is 20.8 Å². The molecule has 0 bridgehead atoms. The Morgan fingerprint density at radius 1 is 1.27 bits per heavy atom. The molecule has 2 nitrogen and oxygen atoms in total. The maximum atomic E-state index is 11.7. The average molecular weight is 242 g/mol. The molecule has 0 spiro atoms. The Hall–Kier alpha value is -0.613. The van der Waals surface area contributed by atoms with E-state index in [2.05, 4.69) is 26.6 Å². The molecule has 0 saturated carbocycles. The SMILES string of the molecule is COC(=O)c1c([Si](C)(C)C)sc(C)c1C. The number of carbonyl (C=O) groups excluding carboxylic acids is 1. The Bertz CT molecular complexity index is 388. The smallest absolute Gasteiger partial charge is 0.338 e. The van der Waals surface area contributed by atoms with Gasteiger partial charge in [0.05, 0.1) is 20.7 Å². The summed E-state index contributed by atoms with van der Waals surface area (Å²) in [5.74, 6) is -0.186. The molecule has 0 unspecified atom stereocenters. The number of hydrogen-bond donors (Lipinski definition) is 0. The fourth-order valence-corrected chi connectivity index (χ4v) is 5.13. The first-order valence-electron chi connectivity index (χ1n) is 4.97. The van der Waals surface area contributed by atoms with E-state index in [1.54, 1.807) is 11.3 Å². The minimum Gasteiger partial charge on any atom is -0.465 e. The van der Waals surface area contributed by atoms with Crippen molar-refractivity contribution in [2.45, 2.75) is 33.5 Å². The lowest BCUT2D eigenvalue weighted by Crippen LogP contribution is -2.39. The normalized spacial score (nSPS) is 11.6. The molecule has 84 valence electrons. The van der Waals surface area contributed by atoms with Crippen LogP contribution in [0.4, 0.5) is 0 Å². The maximum absolute atomic E-state index is 11.7. The van der Waals surface area contributed by atoms with Crippen LogP contribution in [0.25, 0.3) is 0 Å². The second kappa shape index (κ2) is 4.10. The summed E-state index contributed by atoms with van der Waals surface area (Å²) < 4.78 is 6.11. The predicted octanol–water partition coefficient (Wildman–Crippen LogP) is 2.70. The second-order valence-electron chi connectivity index (χ2n) is 4.73. The van der Waals surface area contributed by atoms with Gasteiger partial charge in [0.1, 0.15) is 0 Å². The zero-order chi connectivity index (χ0) is 11.8. The number of aryl methyl sites for hydroxylation is 1. The summed E-state index contributed by atoms with van der Waals surface area (Å²) in [6.45, 7) is 10.8. The average Bonchev–Trinajstić information content (AvgIpc) is 2.42. The first kappa shape index (κ1) is 12.5. The Morgan fingerprint density at radius 3 is 2.20 bits per heavy atom. The van der Waals surface area contributed by atoms with Gasteiger partial charge >= 0.3 is 5.97 Å². The number of esters is 1. The fourth-order valence-electron chi connectivity index (χ4n) is 1.50. The van der Waals surface area contributed by atoms with Gasteiger partial charge in [0.25, 0.3) is 0 Å². The van der Waals surface area contributed by atoms with Crippen LogP contribution < -0.4 is 4.50 Å². The minimum atomic E-state index is -1.45.